The first-order valence-corrected chi connectivity index (χ1v) is 10.4. The second-order valence-corrected chi connectivity index (χ2v) is 8.17. The summed E-state index contributed by atoms with van der Waals surface area (Å²) in [4.78, 5) is 16.6. The Morgan fingerprint density at radius 3 is 2.44 bits per heavy atom. The van der Waals surface area contributed by atoms with E-state index in [4.69, 9.17) is 23.2 Å². The topological polar surface area (TPSA) is 46.9 Å². The number of hydrogen-bond acceptors (Lipinski definition) is 2. The van der Waals surface area contributed by atoms with Crippen LogP contribution in [0, 0.1) is 6.92 Å². The monoisotopic (exact) mass is 481 g/mol. The average molecular weight is 482 g/mol. The highest BCUT2D eigenvalue weighted by atomic mass is 35.5. The van der Waals surface area contributed by atoms with Gasteiger partial charge in [0.25, 0.3) is 5.91 Å². The maximum Gasteiger partial charge on any atom is 0.399 e. The van der Waals surface area contributed by atoms with Gasteiger partial charge in [-0.1, -0.05) is 47.5 Å². The van der Waals surface area contributed by atoms with Crippen LogP contribution in [0.25, 0.3) is 6.08 Å². The molecule has 3 aromatic rings. The predicted octanol–water partition coefficient (Wildman–Crippen LogP) is 6.32. The zero-order chi connectivity index (χ0) is 23.5. The minimum atomic E-state index is -4.52. The van der Waals surface area contributed by atoms with Gasteiger partial charge in [-0.15, -0.1) is 0 Å². The van der Waals surface area contributed by atoms with Crippen LogP contribution in [-0.2, 0) is 13.6 Å². The molecule has 0 aliphatic carbocycles. The Balaban J connectivity index is 1.78. The highest BCUT2D eigenvalue weighted by molar-refractivity contribution is 6.34. The summed E-state index contributed by atoms with van der Waals surface area (Å²) in [5, 5.41) is 3.05. The van der Waals surface area contributed by atoms with Crippen molar-refractivity contribution in [3.05, 3.63) is 93.0 Å². The second kappa shape index (κ2) is 9.79. The Morgan fingerprint density at radius 1 is 1.19 bits per heavy atom. The molecular weight excluding hydrogens is 462 g/mol. The quantitative estimate of drug-likeness (QED) is 0.447. The number of alkyl halides is 3. The maximum absolute atomic E-state index is 13.7. The molecule has 0 saturated carbocycles. The van der Waals surface area contributed by atoms with Crippen LogP contribution in [0.2, 0.25) is 10.0 Å². The lowest BCUT2D eigenvalue weighted by Crippen LogP contribution is -2.25. The molecular formula is C23H20Cl2F3N3O. The number of benzene rings is 2. The smallest absolute Gasteiger partial charge is 0.345 e. The van der Waals surface area contributed by atoms with Crippen molar-refractivity contribution in [2.75, 3.05) is 0 Å². The van der Waals surface area contributed by atoms with Crippen molar-refractivity contribution >= 4 is 35.2 Å². The van der Waals surface area contributed by atoms with Crippen molar-refractivity contribution in [3.63, 3.8) is 0 Å². The van der Waals surface area contributed by atoms with E-state index >= 15 is 0 Å². The Bertz CT molecular complexity index is 1140. The fourth-order valence-electron chi connectivity index (χ4n) is 3.24. The summed E-state index contributed by atoms with van der Waals surface area (Å²) in [6.07, 6.45) is 1.32. The van der Waals surface area contributed by atoms with Crippen LogP contribution in [-0.4, -0.2) is 21.6 Å². The number of rotatable bonds is 6. The van der Waals surface area contributed by atoms with Crippen molar-refractivity contribution in [2.24, 2.45) is 7.05 Å². The third-order valence-electron chi connectivity index (χ3n) is 4.90. The number of aromatic nitrogens is 2. The molecule has 9 heteroatoms. The number of nitrogens with one attached hydrogen (secondary N) is 1. The maximum atomic E-state index is 13.7. The highest BCUT2D eigenvalue weighted by Crippen LogP contribution is 2.38. The number of hydrogen-bond donors (Lipinski definition) is 1. The first kappa shape index (κ1) is 23.9. The van der Waals surface area contributed by atoms with Crippen LogP contribution in [0.4, 0.5) is 13.2 Å². The van der Waals surface area contributed by atoms with Gasteiger partial charge in [-0.2, -0.15) is 13.2 Å². The SMILES string of the molecule is Cc1cc(/C=C/C(c2cc(Cl)cc(Cl)c2)C(F)(F)F)ccc1C(=O)NCc1nccn1C. The van der Waals surface area contributed by atoms with Crippen molar-refractivity contribution in [1.82, 2.24) is 14.9 Å². The summed E-state index contributed by atoms with van der Waals surface area (Å²) in [7, 11) is 1.83. The van der Waals surface area contributed by atoms with E-state index in [0.717, 1.165) is 6.08 Å². The van der Waals surface area contributed by atoms with E-state index in [1.807, 2.05) is 7.05 Å². The first-order valence-electron chi connectivity index (χ1n) is 9.60. The van der Waals surface area contributed by atoms with Crippen LogP contribution < -0.4 is 5.32 Å². The van der Waals surface area contributed by atoms with Crippen molar-refractivity contribution < 1.29 is 18.0 Å². The van der Waals surface area contributed by atoms with Gasteiger partial charge in [-0.25, -0.2) is 4.98 Å². The van der Waals surface area contributed by atoms with Gasteiger partial charge in [0.05, 0.1) is 12.5 Å². The summed E-state index contributed by atoms with van der Waals surface area (Å²) in [5.74, 6) is -1.46. The van der Waals surface area contributed by atoms with Gasteiger partial charge in [0.2, 0.25) is 0 Å². The minimum Gasteiger partial charge on any atom is -0.345 e. The molecule has 0 fully saturated rings. The number of aryl methyl sites for hydroxylation is 2. The molecule has 3 rings (SSSR count). The Labute approximate surface area is 193 Å². The molecule has 2 aromatic carbocycles. The molecule has 0 aliphatic rings. The lowest BCUT2D eigenvalue weighted by molar-refractivity contribution is -0.139. The molecule has 4 nitrogen and oxygen atoms in total. The van der Waals surface area contributed by atoms with Crippen molar-refractivity contribution in [3.8, 4) is 0 Å². The van der Waals surface area contributed by atoms with E-state index in [2.05, 4.69) is 10.3 Å². The van der Waals surface area contributed by atoms with Crippen LogP contribution in [0.3, 0.4) is 0 Å². The average Bonchev–Trinajstić information content (AvgIpc) is 3.09. The summed E-state index contributed by atoms with van der Waals surface area (Å²) in [6.45, 7) is 1.99. The molecule has 1 heterocycles. The van der Waals surface area contributed by atoms with Gasteiger partial charge < -0.3 is 9.88 Å². The number of allylic oxidation sites excluding steroid dienone is 1. The van der Waals surface area contributed by atoms with Crippen molar-refractivity contribution in [1.29, 1.82) is 0 Å². The molecule has 1 N–H and O–H groups in total. The zero-order valence-electron chi connectivity index (χ0n) is 17.3. The Morgan fingerprint density at radius 2 is 1.88 bits per heavy atom. The molecule has 32 heavy (non-hydrogen) atoms. The predicted molar refractivity (Wildman–Crippen MR) is 120 cm³/mol. The summed E-state index contributed by atoms with van der Waals surface area (Å²) in [5.41, 5.74) is 1.56. The van der Waals surface area contributed by atoms with Gasteiger partial charge in [0.15, 0.2) is 0 Å². The number of carbonyl (C=O) groups is 1. The van der Waals surface area contributed by atoms with E-state index in [9.17, 15) is 18.0 Å². The number of halogens is 5. The molecule has 168 valence electrons. The van der Waals surface area contributed by atoms with Crippen molar-refractivity contribution in [2.45, 2.75) is 25.6 Å². The van der Waals surface area contributed by atoms with Gasteiger partial charge in [0.1, 0.15) is 5.82 Å². The molecule has 1 unspecified atom stereocenters. The second-order valence-electron chi connectivity index (χ2n) is 7.29. The molecule has 1 amide bonds. The van der Waals surface area contributed by atoms with Gasteiger partial charge in [-0.3, -0.25) is 4.79 Å². The molecule has 0 bridgehead atoms. The molecule has 0 radical (unpaired) electrons. The Hall–Kier alpha value is -2.77. The molecule has 0 spiro atoms. The number of amides is 1. The first-order chi connectivity index (χ1) is 15.0. The molecule has 1 aromatic heterocycles. The summed E-state index contributed by atoms with van der Waals surface area (Å²) in [6, 6.07) is 8.71. The Kier molecular flexibility index (Phi) is 7.31. The summed E-state index contributed by atoms with van der Waals surface area (Å²) >= 11 is 11.8. The van der Waals surface area contributed by atoms with E-state index < -0.39 is 12.1 Å². The molecule has 0 saturated heterocycles. The lowest BCUT2D eigenvalue weighted by Gasteiger charge is -2.18. The van der Waals surface area contributed by atoms with E-state index in [1.54, 1.807) is 42.1 Å². The van der Waals surface area contributed by atoms with Crippen LogP contribution in [0.1, 0.15) is 38.8 Å². The van der Waals surface area contributed by atoms with Gasteiger partial charge in [-0.05, 0) is 47.9 Å². The third-order valence-corrected chi connectivity index (χ3v) is 5.34. The highest BCUT2D eigenvalue weighted by Gasteiger charge is 2.39. The number of imidazole rings is 1. The number of carbonyl (C=O) groups excluding carboxylic acids is 1. The van der Waals surface area contributed by atoms with Gasteiger partial charge >= 0.3 is 6.18 Å². The van der Waals surface area contributed by atoms with E-state index in [1.165, 1.54) is 24.3 Å². The minimum absolute atomic E-state index is 0.0479. The van der Waals surface area contributed by atoms with E-state index in [-0.39, 0.29) is 28.1 Å². The van der Waals surface area contributed by atoms with E-state index in [0.29, 0.717) is 22.5 Å². The molecule has 0 aliphatic heterocycles. The molecule has 1 atom stereocenters. The van der Waals surface area contributed by atoms with Gasteiger partial charge in [0, 0.05) is 35.1 Å². The summed E-state index contributed by atoms with van der Waals surface area (Å²) < 4.78 is 42.8. The van der Waals surface area contributed by atoms with Crippen LogP contribution >= 0.6 is 23.2 Å². The number of nitrogens with zero attached hydrogens (tertiary/aromatic N) is 2. The standard InChI is InChI=1S/C23H20Cl2F3N3O/c1-14-9-15(3-5-19(14)22(32)30-13-21-29-7-8-31(21)2)4-6-20(23(26,27)28)16-10-17(24)12-18(25)11-16/h3-12,20H,13H2,1-2H3,(H,30,32)/b6-4+. The third kappa shape index (κ3) is 5.93. The normalized spacial score (nSPS) is 12.8. The lowest BCUT2D eigenvalue weighted by atomic mass is 9.96. The largest absolute Gasteiger partial charge is 0.399 e. The fraction of sp³-hybridized carbons (Fsp3) is 0.217. The van der Waals surface area contributed by atoms with Crippen LogP contribution in [0.15, 0.2) is 54.9 Å². The zero-order valence-corrected chi connectivity index (χ0v) is 18.8. The fourth-order valence-corrected chi connectivity index (χ4v) is 3.78. The van der Waals surface area contributed by atoms with Crippen LogP contribution in [0.5, 0.6) is 0 Å².